The first-order valence-electron chi connectivity index (χ1n) is 7.19. The Bertz CT molecular complexity index is 791. The second-order valence-corrected chi connectivity index (χ2v) is 6.93. The van der Waals surface area contributed by atoms with Crippen molar-refractivity contribution in [3.05, 3.63) is 36.5 Å². The number of aromatic nitrogens is 1. The summed E-state index contributed by atoms with van der Waals surface area (Å²) in [5, 5.41) is 3.18. The van der Waals surface area contributed by atoms with Gasteiger partial charge < -0.3 is 14.8 Å². The minimum atomic E-state index is -3.32. The molecule has 1 aromatic heterocycles. The molecule has 0 amide bonds. The number of nitrogens with zero attached hydrogens (tertiary/aromatic N) is 1. The molecule has 0 fully saturated rings. The number of nitrogens with one attached hydrogen (secondary N) is 2. The molecular formula is C15H17N3O4S. The minimum absolute atomic E-state index is 0.00583. The van der Waals surface area contributed by atoms with Crippen molar-refractivity contribution in [1.82, 2.24) is 4.98 Å². The number of benzene rings is 1. The molecule has 1 aromatic carbocycles. The zero-order valence-corrected chi connectivity index (χ0v) is 13.4. The highest BCUT2D eigenvalue weighted by Crippen LogP contribution is 2.33. The van der Waals surface area contributed by atoms with Crippen LogP contribution in [0.1, 0.15) is 6.92 Å². The van der Waals surface area contributed by atoms with Crippen LogP contribution >= 0.6 is 0 Å². The van der Waals surface area contributed by atoms with Crippen molar-refractivity contribution in [2.24, 2.45) is 0 Å². The highest BCUT2D eigenvalue weighted by atomic mass is 32.2. The summed E-state index contributed by atoms with van der Waals surface area (Å²) < 4.78 is 36.4. The smallest absolute Gasteiger partial charge is 0.233 e. The third kappa shape index (κ3) is 3.84. The number of fused-ring (bicyclic) bond motifs is 1. The van der Waals surface area contributed by atoms with Gasteiger partial charge in [-0.05, 0) is 31.2 Å². The van der Waals surface area contributed by atoms with E-state index in [1.165, 1.54) is 0 Å². The van der Waals surface area contributed by atoms with Crippen LogP contribution in [0, 0.1) is 0 Å². The van der Waals surface area contributed by atoms with E-state index in [0.29, 0.717) is 24.8 Å². The summed E-state index contributed by atoms with van der Waals surface area (Å²) >= 11 is 0. The van der Waals surface area contributed by atoms with Gasteiger partial charge in [-0.1, -0.05) is 0 Å². The van der Waals surface area contributed by atoms with E-state index in [4.69, 9.17) is 9.47 Å². The maximum Gasteiger partial charge on any atom is 0.233 e. The Hall–Kier alpha value is -2.48. The molecule has 0 saturated carbocycles. The highest BCUT2D eigenvalue weighted by Gasteiger charge is 2.12. The van der Waals surface area contributed by atoms with Crippen LogP contribution in [0.4, 0.5) is 17.2 Å². The van der Waals surface area contributed by atoms with Gasteiger partial charge in [0.05, 0.1) is 17.6 Å². The summed E-state index contributed by atoms with van der Waals surface area (Å²) in [4.78, 5) is 4.09. The van der Waals surface area contributed by atoms with Gasteiger partial charge >= 0.3 is 0 Å². The molecule has 2 aromatic rings. The summed E-state index contributed by atoms with van der Waals surface area (Å²) in [5.74, 6) is 1.72. The normalized spacial score (nSPS) is 13.4. The van der Waals surface area contributed by atoms with E-state index in [9.17, 15) is 8.42 Å². The van der Waals surface area contributed by atoms with E-state index < -0.39 is 10.0 Å². The van der Waals surface area contributed by atoms with Crippen molar-refractivity contribution in [2.45, 2.75) is 6.92 Å². The lowest BCUT2D eigenvalue weighted by molar-refractivity contribution is 0.171. The number of sulfonamides is 1. The van der Waals surface area contributed by atoms with Crippen LogP contribution in [0.15, 0.2) is 36.5 Å². The third-order valence-corrected chi connectivity index (χ3v) is 4.51. The van der Waals surface area contributed by atoms with Crippen molar-refractivity contribution in [3.63, 3.8) is 0 Å². The van der Waals surface area contributed by atoms with Gasteiger partial charge in [0.1, 0.15) is 19.0 Å². The van der Waals surface area contributed by atoms with Crippen molar-refractivity contribution in [1.29, 1.82) is 0 Å². The molecule has 0 bridgehead atoms. The molecule has 1 aliphatic rings. The van der Waals surface area contributed by atoms with Gasteiger partial charge in [-0.2, -0.15) is 0 Å². The Balaban J connectivity index is 1.71. The molecule has 0 spiro atoms. The average Bonchev–Trinajstić information content (AvgIpc) is 2.56. The number of rotatable bonds is 5. The molecule has 23 heavy (non-hydrogen) atoms. The molecule has 2 heterocycles. The SMILES string of the molecule is CCS(=O)(=O)Nc1ccc(Nc2ccc3c(c2)OCCO3)cn1. The molecule has 7 nitrogen and oxygen atoms in total. The first kappa shape index (κ1) is 15.4. The Labute approximate surface area is 134 Å². The maximum absolute atomic E-state index is 11.5. The summed E-state index contributed by atoms with van der Waals surface area (Å²) in [6.45, 7) is 2.66. The number of hydrogen-bond acceptors (Lipinski definition) is 6. The summed E-state index contributed by atoms with van der Waals surface area (Å²) in [6, 6.07) is 8.92. The van der Waals surface area contributed by atoms with Crippen molar-refractivity contribution < 1.29 is 17.9 Å². The Morgan fingerprint density at radius 2 is 1.83 bits per heavy atom. The largest absolute Gasteiger partial charge is 0.486 e. The van der Waals surface area contributed by atoms with E-state index in [1.54, 1.807) is 25.3 Å². The maximum atomic E-state index is 11.5. The number of ether oxygens (including phenoxy) is 2. The zero-order chi connectivity index (χ0) is 16.3. The van der Waals surface area contributed by atoms with Gasteiger partial charge in [0.2, 0.25) is 10.0 Å². The van der Waals surface area contributed by atoms with Gasteiger partial charge in [0.15, 0.2) is 11.5 Å². The standard InChI is InChI=1S/C15H17N3O4S/c1-2-23(19,20)18-15-6-4-12(10-16-15)17-11-3-5-13-14(9-11)22-8-7-21-13/h3-6,9-10,17H,2,7-8H2,1H3,(H,16,18). The van der Waals surface area contributed by atoms with Crippen LogP contribution in [0.2, 0.25) is 0 Å². The van der Waals surface area contributed by atoms with Gasteiger partial charge in [-0.15, -0.1) is 0 Å². The van der Waals surface area contributed by atoms with Crippen LogP contribution < -0.4 is 19.5 Å². The van der Waals surface area contributed by atoms with Crippen LogP contribution in [0.25, 0.3) is 0 Å². The first-order chi connectivity index (χ1) is 11.1. The predicted octanol–water partition coefficient (Wildman–Crippen LogP) is 2.36. The second kappa shape index (κ2) is 6.33. The van der Waals surface area contributed by atoms with Crippen LogP contribution in [-0.2, 0) is 10.0 Å². The molecule has 1 aliphatic heterocycles. The van der Waals surface area contributed by atoms with E-state index in [-0.39, 0.29) is 5.75 Å². The Kier molecular flexibility index (Phi) is 4.24. The summed E-state index contributed by atoms with van der Waals surface area (Å²) in [5.41, 5.74) is 1.57. The Morgan fingerprint density at radius 1 is 1.09 bits per heavy atom. The van der Waals surface area contributed by atoms with Crippen molar-refractivity contribution >= 4 is 27.2 Å². The molecule has 0 atom stereocenters. The number of hydrogen-bond donors (Lipinski definition) is 2. The summed E-state index contributed by atoms with van der Waals surface area (Å²) in [6.07, 6.45) is 1.56. The second-order valence-electron chi connectivity index (χ2n) is 4.92. The Morgan fingerprint density at radius 3 is 2.52 bits per heavy atom. The van der Waals surface area contributed by atoms with Gasteiger partial charge in [-0.25, -0.2) is 13.4 Å². The highest BCUT2D eigenvalue weighted by molar-refractivity contribution is 7.92. The van der Waals surface area contributed by atoms with Gasteiger partial charge in [0, 0.05) is 11.8 Å². The molecular weight excluding hydrogens is 318 g/mol. The zero-order valence-electron chi connectivity index (χ0n) is 12.6. The monoisotopic (exact) mass is 335 g/mol. The fraction of sp³-hybridized carbons (Fsp3) is 0.267. The fourth-order valence-corrected chi connectivity index (χ4v) is 2.63. The lowest BCUT2D eigenvalue weighted by Crippen LogP contribution is -2.15. The molecule has 0 saturated heterocycles. The quantitative estimate of drug-likeness (QED) is 0.872. The average molecular weight is 335 g/mol. The molecule has 2 N–H and O–H groups in total. The molecule has 8 heteroatoms. The molecule has 0 aliphatic carbocycles. The minimum Gasteiger partial charge on any atom is -0.486 e. The van der Waals surface area contributed by atoms with Crippen molar-refractivity contribution in [2.75, 3.05) is 29.0 Å². The number of pyridine rings is 1. The van der Waals surface area contributed by atoms with Gasteiger partial charge in [-0.3, -0.25) is 4.72 Å². The van der Waals surface area contributed by atoms with Crippen LogP contribution in [-0.4, -0.2) is 32.4 Å². The first-order valence-corrected chi connectivity index (χ1v) is 8.84. The van der Waals surface area contributed by atoms with Crippen molar-refractivity contribution in [3.8, 4) is 11.5 Å². The lowest BCUT2D eigenvalue weighted by atomic mass is 10.2. The number of anilines is 3. The van der Waals surface area contributed by atoms with E-state index in [2.05, 4.69) is 15.0 Å². The predicted molar refractivity (Wildman–Crippen MR) is 88.0 cm³/mol. The van der Waals surface area contributed by atoms with E-state index >= 15 is 0 Å². The van der Waals surface area contributed by atoms with E-state index in [1.807, 2.05) is 18.2 Å². The summed E-state index contributed by atoms with van der Waals surface area (Å²) in [7, 11) is -3.32. The van der Waals surface area contributed by atoms with Gasteiger partial charge in [0.25, 0.3) is 0 Å². The topological polar surface area (TPSA) is 89.6 Å². The molecule has 0 unspecified atom stereocenters. The van der Waals surface area contributed by atoms with Crippen LogP contribution in [0.5, 0.6) is 11.5 Å². The fourth-order valence-electron chi connectivity index (χ4n) is 2.05. The molecule has 122 valence electrons. The van der Waals surface area contributed by atoms with Crippen LogP contribution in [0.3, 0.4) is 0 Å². The molecule has 0 radical (unpaired) electrons. The lowest BCUT2D eigenvalue weighted by Gasteiger charge is -2.19. The third-order valence-electron chi connectivity index (χ3n) is 3.23. The van der Waals surface area contributed by atoms with E-state index in [0.717, 1.165) is 17.1 Å². The molecule has 3 rings (SSSR count).